The summed E-state index contributed by atoms with van der Waals surface area (Å²) >= 11 is 15.4. The Hall–Kier alpha value is -2.47. The number of fused-ring (bicyclic) bond motifs is 2. The van der Waals surface area contributed by atoms with Gasteiger partial charge in [0.05, 0.1) is 15.6 Å². The van der Waals surface area contributed by atoms with E-state index in [9.17, 15) is 9.59 Å². The maximum absolute atomic E-state index is 14.5. The Bertz CT molecular complexity index is 1480. The molecule has 2 aromatic carbocycles. The lowest BCUT2D eigenvalue weighted by molar-refractivity contribution is -0.134. The lowest BCUT2D eigenvalue weighted by Gasteiger charge is -2.52. The fourth-order valence-electron chi connectivity index (χ4n) is 6.70. The molecule has 2 aromatic rings. The van der Waals surface area contributed by atoms with Crippen molar-refractivity contribution in [2.45, 2.75) is 73.4 Å². The van der Waals surface area contributed by atoms with Crippen molar-refractivity contribution < 1.29 is 14.3 Å². The maximum atomic E-state index is 14.5. The van der Waals surface area contributed by atoms with E-state index in [0.717, 1.165) is 31.2 Å². The molecule has 2 amide bonds. The molecule has 0 radical (unpaired) electrons. The monoisotopic (exact) mass is 702 g/mol. The van der Waals surface area contributed by atoms with Crippen molar-refractivity contribution in [2.75, 3.05) is 5.32 Å². The van der Waals surface area contributed by atoms with Crippen LogP contribution in [0, 0.1) is 18.3 Å². The number of terminal acetylenes is 1. The Morgan fingerprint density at radius 1 is 1.15 bits per heavy atom. The van der Waals surface area contributed by atoms with E-state index in [1.54, 1.807) is 12.1 Å². The smallest absolute Gasteiger partial charge is 0.237 e. The Balaban J connectivity index is 1.76. The number of benzene rings is 2. The zero-order valence-electron chi connectivity index (χ0n) is 23.1. The van der Waals surface area contributed by atoms with E-state index in [-0.39, 0.29) is 24.3 Å². The van der Waals surface area contributed by atoms with Crippen LogP contribution in [0.5, 0.6) is 5.75 Å². The normalized spacial score (nSPS) is 26.8. The summed E-state index contributed by atoms with van der Waals surface area (Å²) < 4.78 is 6.05. The van der Waals surface area contributed by atoms with Gasteiger partial charge in [0.1, 0.15) is 11.2 Å². The topological polar surface area (TPSA) is 67.4 Å². The van der Waals surface area contributed by atoms with Crippen LogP contribution in [0.25, 0.3) is 0 Å². The van der Waals surface area contributed by atoms with Crippen LogP contribution in [-0.4, -0.2) is 21.3 Å². The number of hydrogen-bond donors (Lipinski definition) is 2. The molecule has 2 aliphatic heterocycles. The van der Waals surface area contributed by atoms with Gasteiger partial charge in [0.2, 0.25) is 11.8 Å². The fraction of sp³-hybridized carbons (Fsp3) is 0.394. The van der Waals surface area contributed by atoms with Gasteiger partial charge < -0.3 is 15.4 Å². The van der Waals surface area contributed by atoms with Crippen LogP contribution in [0.3, 0.4) is 0 Å². The largest absolute Gasteiger partial charge is 0.490 e. The first-order valence-electron chi connectivity index (χ1n) is 14.1. The summed E-state index contributed by atoms with van der Waals surface area (Å²) in [6.07, 6.45) is 16.1. The number of piperidine rings is 1. The molecule has 1 saturated heterocycles. The zero-order chi connectivity index (χ0) is 29.4. The number of halogens is 3. The number of amides is 2. The van der Waals surface area contributed by atoms with Gasteiger partial charge >= 0.3 is 0 Å². The number of alkyl halides is 1. The summed E-state index contributed by atoms with van der Waals surface area (Å²) in [5.41, 5.74) is 1.57. The van der Waals surface area contributed by atoms with Crippen molar-refractivity contribution in [2.24, 2.45) is 5.92 Å². The van der Waals surface area contributed by atoms with E-state index >= 15 is 0 Å². The summed E-state index contributed by atoms with van der Waals surface area (Å²) in [6, 6.07) is 10.3. The average Bonchev–Trinajstić information content (AvgIpc) is 3.21. The van der Waals surface area contributed by atoms with Gasteiger partial charge in [-0.05, 0) is 54.8 Å². The first kappa shape index (κ1) is 30.0. The summed E-state index contributed by atoms with van der Waals surface area (Å²) in [5, 5.41) is 7.52. The number of carbonyl (C=O) groups is 2. The summed E-state index contributed by atoms with van der Waals surface area (Å²) in [5.74, 6) is 2.56. The van der Waals surface area contributed by atoms with E-state index in [1.165, 1.54) is 0 Å². The van der Waals surface area contributed by atoms with E-state index in [0.29, 0.717) is 39.0 Å². The van der Waals surface area contributed by atoms with Crippen LogP contribution >= 0.6 is 45.8 Å². The minimum Gasteiger partial charge on any atom is -0.490 e. The summed E-state index contributed by atoms with van der Waals surface area (Å²) in [4.78, 5) is 28.1. The van der Waals surface area contributed by atoms with Crippen LogP contribution in [0.2, 0.25) is 5.02 Å². The number of rotatable bonds is 8. The van der Waals surface area contributed by atoms with Gasteiger partial charge in [-0.15, -0.1) is 6.42 Å². The standard InChI is InChI=1S/C33H33Cl2IN2O3/c1-4-8-23(9-5-2)41-27-14-11-20(6-3)16-24(27)30-33(25-13-12-21(34)17-26(25)37-31(33)40)28(18-29(39)38-30)32(36)15-7-10-22(35)19-32/h3,7,10-17,23,28,30H,4-5,8-9,18-19H2,1-2H3,(H,37,40)(H,38,39)/t28-,30+,32-,33-/m0/s1. The molecule has 1 spiro atoms. The maximum Gasteiger partial charge on any atom is 0.237 e. The molecule has 0 bridgehead atoms. The number of ether oxygens (including phenoxy) is 1. The second-order valence-electron chi connectivity index (χ2n) is 11.1. The predicted molar refractivity (Wildman–Crippen MR) is 174 cm³/mol. The molecule has 1 aliphatic carbocycles. The molecule has 2 heterocycles. The number of carbonyl (C=O) groups excluding carboxylic acids is 2. The van der Waals surface area contributed by atoms with Crippen LogP contribution in [0.1, 0.15) is 75.1 Å². The highest BCUT2D eigenvalue weighted by molar-refractivity contribution is 14.1. The molecular weight excluding hydrogens is 670 g/mol. The Kier molecular flexibility index (Phi) is 8.80. The predicted octanol–water partition coefficient (Wildman–Crippen LogP) is 7.99. The van der Waals surface area contributed by atoms with Crippen molar-refractivity contribution in [1.29, 1.82) is 0 Å². The van der Waals surface area contributed by atoms with Gasteiger partial charge in [-0.2, -0.15) is 0 Å². The van der Waals surface area contributed by atoms with Gasteiger partial charge in [-0.3, -0.25) is 9.59 Å². The van der Waals surface area contributed by atoms with Gasteiger partial charge in [0.15, 0.2) is 0 Å². The molecule has 0 saturated carbocycles. The molecule has 5 nitrogen and oxygen atoms in total. The Morgan fingerprint density at radius 3 is 2.59 bits per heavy atom. The van der Waals surface area contributed by atoms with E-state index < -0.39 is 20.8 Å². The van der Waals surface area contributed by atoms with Crippen molar-refractivity contribution in [1.82, 2.24) is 5.32 Å². The molecule has 0 aromatic heterocycles. The van der Waals surface area contributed by atoms with Crippen molar-refractivity contribution >= 4 is 63.3 Å². The Morgan fingerprint density at radius 2 is 1.90 bits per heavy atom. The van der Waals surface area contributed by atoms with Gasteiger partial charge in [0.25, 0.3) is 0 Å². The number of anilines is 1. The highest BCUT2D eigenvalue weighted by Gasteiger charge is 2.65. The van der Waals surface area contributed by atoms with Crippen LogP contribution in [0.15, 0.2) is 59.7 Å². The summed E-state index contributed by atoms with van der Waals surface area (Å²) in [6.45, 7) is 4.27. The SMILES string of the molecule is C#Cc1ccc(OC(CCC)CCC)c([C@H]2NC(=O)C[C@@H]([C@]3(I)C=CC=C(Cl)C3)[C@]23C(=O)Nc2cc(Cl)ccc23)c1. The van der Waals surface area contributed by atoms with Crippen LogP contribution in [0.4, 0.5) is 5.69 Å². The number of hydrogen-bond acceptors (Lipinski definition) is 3. The van der Waals surface area contributed by atoms with Crippen LogP contribution < -0.4 is 15.4 Å². The second kappa shape index (κ2) is 12.0. The third-order valence-electron chi connectivity index (χ3n) is 8.42. The van der Waals surface area contributed by atoms with Gasteiger partial charge in [-0.25, -0.2) is 0 Å². The molecule has 5 rings (SSSR count). The zero-order valence-corrected chi connectivity index (χ0v) is 26.8. The molecule has 41 heavy (non-hydrogen) atoms. The van der Waals surface area contributed by atoms with E-state index in [4.69, 9.17) is 34.4 Å². The molecule has 3 aliphatic rings. The molecule has 1 fully saturated rings. The van der Waals surface area contributed by atoms with Crippen LogP contribution in [-0.2, 0) is 15.0 Å². The molecule has 4 atom stereocenters. The Labute approximate surface area is 265 Å². The fourth-order valence-corrected chi connectivity index (χ4v) is 8.72. The molecule has 2 N–H and O–H groups in total. The summed E-state index contributed by atoms with van der Waals surface area (Å²) in [7, 11) is 0. The van der Waals surface area contributed by atoms with E-state index in [1.807, 2.05) is 36.4 Å². The average molecular weight is 703 g/mol. The molecular formula is C33H33Cl2IN2O3. The first-order chi connectivity index (χ1) is 19.7. The third kappa shape index (κ3) is 5.42. The lowest BCUT2D eigenvalue weighted by Crippen LogP contribution is -2.62. The van der Waals surface area contributed by atoms with Gasteiger partial charge in [0, 0.05) is 45.6 Å². The lowest BCUT2D eigenvalue weighted by atomic mass is 9.56. The number of nitrogens with one attached hydrogen (secondary N) is 2. The minimum absolute atomic E-state index is 0.00360. The van der Waals surface area contributed by atoms with Crippen molar-refractivity contribution in [3.8, 4) is 18.1 Å². The quantitative estimate of drug-likeness (QED) is 0.167. The third-order valence-corrected chi connectivity index (χ3v) is 10.4. The second-order valence-corrected chi connectivity index (χ2v) is 14.0. The van der Waals surface area contributed by atoms with Gasteiger partial charge in [-0.1, -0.05) is 96.6 Å². The van der Waals surface area contributed by atoms with Crippen molar-refractivity contribution in [3.05, 3.63) is 81.4 Å². The van der Waals surface area contributed by atoms with Crippen molar-refractivity contribution in [3.63, 3.8) is 0 Å². The minimum atomic E-state index is -1.19. The molecule has 8 heteroatoms. The highest BCUT2D eigenvalue weighted by Crippen LogP contribution is 2.61. The number of allylic oxidation sites excluding steroid dienone is 4. The first-order valence-corrected chi connectivity index (χ1v) is 15.9. The van der Waals surface area contributed by atoms with E-state index in [2.05, 4.69) is 59.1 Å². The highest BCUT2D eigenvalue weighted by atomic mass is 127. The molecule has 214 valence electrons. The molecule has 0 unspecified atom stereocenters.